The molecule has 1 N–H and O–H groups in total. The van der Waals surface area contributed by atoms with Gasteiger partial charge >= 0.3 is 6.18 Å². The fourth-order valence-corrected chi connectivity index (χ4v) is 3.13. The molecule has 0 aliphatic carbocycles. The molecule has 0 radical (unpaired) electrons. The van der Waals surface area contributed by atoms with Crippen molar-refractivity contribution in [3.05, 3.63) is 32.0 Å². The minimum Gasteiger partial charge on any atom is -0.387 e. The number of halogens is 5. The Morgan fingerprint density at radius 1 is 1.32 bits per heavy atom. The van der Waals surface area contributed by atoms with Gasteiger partial charge in [-0.25, -0.2) is 4.98 Å². The molecule has 2 aromatic rings. The van der Waals surface area contributed by atoms with Crippen LogP contribution in [0.2, 0.25) is 5.02 Å². The molecule has 0 saturated heterocycles. The SMILES string of the molecule is CNc1c(C)c(C(F)(F)F)nc2c(I)cc(Cl)cc12. The minimum atomic E-state index is -4.48. The molecule has 2 nitrogen and oxygen atoms in total. The Morgan fingerprint density at radius 2 is 1.95 bits per heavy atom. The molecular weight excluding hydrogens is 391 g/mol. The summed E-state index contributed by atoms with van der Waals surface area (Å²) < 4.78 is 39.5. The summed E-state index contributed by atoms with van der Waals surface area (Å²) in [7, 11) is 1.58. The Labute approximate surface area is 126 Å². The van der Waals surface area contributed by atoms with Crippen molar-refractivity contribution in [3.8, 4) is 0 Å². The zero-order valence-corrected chi connectivity index (χ0v) is 12.9. The predicted molar refractivity (Wildman–Crippen MR) is 78.8 cm³/mol. The van der Waals surface area contributed by atoms with Gasteiger partial charge in [0.1, 0.15) is 5.69 Å². The lowest BCUT2D eigenvalue weighted by Gasteiger charge is -2.16. The Morgan fingerprint density at radius 3 is 2.47 bits per heavy atom. The maximum Gasteiger partial charge on any atom is 0.433 e. The lowest BCUT2D eigenvalue weighted by atomic mass is 10.1. The van der Waals surface area contributed by atoms with Crippen molar-refractivity contribution in [1.29, 1.82) is 0 Å². The molecule has 0 atom stereocenters. The maximum atomic E-state index is 13.0. The molecule has 102 valence electrons. The molecule has 0 bridgehead atoms. The highest BCUT2D eigenvalue weighted by Crippen LogP contribution is 2.38. The van der Waals surface area contributed by atoms with E-state index in [4.69, 9.17) is 11.6 Å². The molecule has 0 unspecified atom stereocenters. The van der Waals surface area contributed by atoms with Gasteiger partial charge < -0.3 is 5.32 Å². The van der Waals surface area contributed by atoms with E-state index in [0.29, 0.717) is 25.2 Å². The third kappa shape index (κ3) is 2.60. The van der Waals surface area contributed by atoms with Gasteiger partial charge in [-0.05, 0) is 41.6 Å². The van der Waals surface area contributed by atoms with E-state index in [9.17, 15) is 13.2 Å². The fourth-order valence-electron chi connectivity index (χ4n) is 1.98. The number of fused-ring (bicyclic) bond motifs is 1. The Bertz CT molecular complexity index is 656. The number of hydrogen-bond acceptors (Lipinski definition) is 2. The van der Waals surface area contributed by atoms with Gasteiger partial charge in [0.2, 0.25) is 0 Å². The Balaban J connectivity index is 2.95. The minimum absolute atomic E-state index is 0.0700. The third-order valence-corrected chi connectivity index (χ3v) is 3.81. The first kappa shape index (κ1) is 14.6. The second kappa shape index (κ2) is 4.97. The lowest BCUT2D eigenvalue weighted by Crippen LogP contribution is -2.13. The van der Waals surface area contributed by atoms with Gasteiger partial charge in [0.25, 0.3) is 0 Å². The summed E-state index contributed by atoms with van der Waals surface area (Å²) in [5, 5.41) is 3.86. The highest BCUT2D eigenvalue weighted by atomic mass is 127. The molecule has 0 saturated carbocycles. The van der Waals surface area contributed by atoms with Crippen LogP contribution in [0.1, 0.15) is 11.3 Å². The van der Waals surface area contributed by atoms with Gasteiger partial charge in [-0.2, -0.15) is 13.2 Å². The zero-order chi connectivity index (χ0) is 14.4. The van der Waals surface area contributed by atoms with Crippen LogP contribution in [0.4, 0.5) is 18.9 Å². The second-order valence-electron chi connectivity index (χ2n) is 3.99. The van der Waals surface area contributed by atoms with Crippen LogP contribution in [0.15, 0.2) is 12.1 Å². The molecule has 7 heteroatoms. The van der Waals surface area contributed by atoms with Crippen molar-refractivity contribution in [2.45, 2.75) is 13.1 Å². The van der Waals surface area contributed by atoms with E-state index in [2.05, 4.69) is 10.3 Å². The summed E-state index contributed by atoms with van der Waals surface area (Å²) in [5.74, 6) is 0. The average molecular weight is 401 g/mol. The summed E-state index contributed by atoms with van der Waals surface area (Å²) in [6.45, 7) is 1.40. The monoisotopic (exact) mass is 400 g/mol. The van der Waals surface area contributed by atoms with Gasteiger partial charge in [-0.1, -0.05) is 11.6 Å². The Kier molecular flexibility index (Phi) is 3.83. The van der Waals surface area contributed by atoms with Crippen LogP contribution >= 0.6 is 34.2 Å². The van der Waals surface area contributed by atoms with Gasteiger partial charge in [0.15, 0.2) is 0 Å². The first-order chi connectivity index (χ1) is 8.75. The Hall–Kier alpha value is -0.760. The zero-order valence-electron chi connectivity index (χ0n) is 9.99. The van der Waals surface area contributed by atoms with E-state index in [1.807, 2.05) is 22.6 Å². The van der Waals surface area contributed by atoms with E-state index < -0.39 is 11.9 Å². The van der Waals surface area contributed by atoms with E-state index in [0.717, 1.165) is 0 Å². The maximum absolute atomic E-state index is 13.0. The molecule has 0 fully saturated rings. The summed E-state index contributed by atoms with van der Waals surface area (Å²) in [6, 6.07) is 3.21. The summed E-state index contributed by atoms with van der Waals surface area (Å²) in [4.78, 5) is 3.76. The number of nitrogens with zero attached hydrogens (tertiary/aromatic N) is 1. The van der Waals surface area contributed by atoms with Crippen LogP contribution in [0.5, 0.6) is 0 Å². The number of pyridine rings is 1. The normalized spacial score (nSPS) is 11.9. The number of rotatable bonds is 1. The van der Waals surface area contributed by atoms with Gasteiger partial charge in [0, 0.05) is 32.3 Å². The van der Waals surface area contributed by atoms with Crippen LogP contribution < -0.4 is 5.32 Å². The van der Waals surface area contributed by atoms with Crippen molar-refractivity contribution in [1.82, 2.24) is 4.98 Å². The largest absolute Gasteiger partial charge is 0.433 e. The van der Waals surface area contributed by atoms with E-state index in [1.165, 1.54) is 6.92 Å². The molecular formula is C12H9ClF3IN2. The number of hydrogen-bond donors (Lipinski definition) is 1. The third-order valence-electron chi connectivity index (χ3n) is 2.77. The number of benzene rings is 1. The average Bonchev–Trinajstić information content (AvgIpc) is 2.26. The molecule has 1 heterocycles. The van der Waals surface area contributed by atoms with Crippen molar-refractivity contribution >= 4 is 50.8 Å². The van der Waals surface area contributed by atoms with Gasteiger partial charge in [-0.15, -0.1) is 0 Å². The van der Waals surface area contributed by atoms with Crippen molar-refractivity contribution in [2.75, 3.05) is 12.4 Å². The fraction of sp³-hybridized carbons (Fsp3) is 0.250. The highest BCUT2D eigenvalue weighted by Gasteiger charge is 2.36. The van der Waals surface area contributed by atoms with Crippen LogP contribution in [-0.4, -0.2) is 12.0 Å². The van der Waals surface area contributed by atoms with E-state index in [1.54, 1.807) is 19.2 Å². The number of aromatic nitrogens is 1. The first-order valence-electron chi connectivity index (χ1n) is 5.30. The molecule has 0 spiro atoms. The van der Waals surface area contributed by atoms with Gasteiger partial charge in [-0.3, -0.25) is 0 Å². The smallest absolute Gasteiger partial charge is 0.387 e. The van der Waals surface area contributed by atoms with Crippen LogP contribution in [0.3, 0.4) is 0 Å². The van der Waals surface area contributed by atoms with Crippen molar-refractivity contribution in [2.24, 2.45) is 0 Å². The molecule has 0 aliphatic rings. The lowest BCUT2D eigenvalue weighted by molar-refractivity contribution is -0.141. The molecule has 2 rings (SSSR count). The summed E-state index contributed by atoms with van der Waals surface area (Å²) in [5.41, 5.74) is -0.102. The van der Waals surface area contributed by atoms with Crippen LogP contribution in [-0.2, 0) is 6.18 Å². The quantitative estimate of drug-likeness (QED) is 0.692. The van der Waals surface area contributed by atoms with Crippen molar-refractivity contribution in [3.63, 3.8) is 0 Å². The molecule has 0 amide bonds. The van der Waals surface area contributed by atoms with Crippen molar-refractivity contribution < 1.29 is 13.2 Å². The molecule has 19 heavy (non-hydrogen) atoms. The molecule has 1 aromatic carbocycles. The highest BCUT2D eigenvalue weighted by molar-refractivity contribution is 14.1. The van der Waals surface area contributed by atoms with E-state index in [-0.39, 0.29) is 5.56 Å². The number of alkyl halides is 3. The second-order valence-corrected chi connectivity index (χ2v) is 5.59. The summed E-state index contributed by atoms with van der Waals surface area (Å²) >= 11 is 7.88. The molecule has 1 aromatic heterocycles. The standard InChI is InChI=1S/C12H9ClF3IN2/c1-5-9(18-2)7-3-6(13)4-8(17)10(7)19-11(5)12(14,15)16/h3-4H,1-2H3,(H,18,19). The van der Waals surface area contributed by atoms with Crippen LogP contribution in [0, 0.1) is 10.5 Å². The van der Waals surface area contributed by atoms with E-state index >= 15 is 0 Å². The van der Waals surface area contributed by atoms with Gasteiger partial charge in [0.05, 0.1) is 5.52 Å². The topological polar surface area (TPSA) is 24.9 Å². The van der Waals surface area contributed by atoms with Crippen LogP contribution in [0.25, 0.3) is 10.9 Å². The predicted octanol–water partition coefficient (Wildman–Crippen LogP) is 4.86. The number of nitrogens with one attached hydrogen (secondary N) is 1. The summed E-state index contributed by atoms with van der Waals surface area (Å²) in [6.07, 6.45) is -4.48. The number of anilines is 1. The first-order valence-corrected chi connectivity index (χ1v) is 6.75. The molecule has 0 aliphatic heterocycles.